The topological polar surface area (TPSA) is 82.1 Å². The summed E-state index contributed by atoms with van der Waals surface area (Å²) >= 11 is 0. The number of benzene rings is 1. The van der Waals surface area contributed by atoms with Crippen molar-refractivity contribution in [2.75, 3.05) is 20.3 Å². The van der Waals surface area contributed by atoms with Crippen molar-refractivity contribution < 1.29 is 28.6 Å². The predicted octanol–water partition coefficient (Wildman–Crippen LogP) is 1.46. The molecule has 7 heteroatoms. The molecule has 2 amide bonds. The molecule has 7 nitrogen and oxygen atoms in total. The number of nitrogens with zero attached hydrogens (tertiary/aromatic N) is 1. The van der Waals surface area contributed by atoms with Crippen LogP contribution in [0.4, 0.5) is 9.59 Å². The summed E-state index contributed by atoms with van der Waals surface area (Å²) in [6.45, 7) is 0.265. The first kappa shape index (κ1) is 12.9. The van der Waals surface area contributed by atoms with Crippen LogP contribution in [0, 0.1) is 0 Å². The van der Waals surface area contributed by atoms with Gasteiger partial charge in [-0.15, -0.1) is 0 Å². The van der Waals surface area contributed by atoms with E-state index in [0.29, 0.717) is 12.0 Å². The van der Waals surface area contributed by atoms with E-state index in [9.17, 15) is 14.4 Å². The van der Waals surface area contributed by atoms with E-state index in [1.807, 2.05) is 0 Å². The fourth-order valence-corrected chi connectivity index (χ4v) is 1.55. The molecule has 0 radical (unpaired) electrons. The number of carbonyl (C=O) groups is 3. The molecule has 19 heavy (non-hydrogen) atoms. The molecule has 1 aromatic rings. The quantitative estimate of drug-likeness (QED) is 0.769. The van der Waals surface area contributed by atoms with Crippen LogP contribution in [0.15, 0.2) is 18.2 Å². The Morgan fingerprint density at radius 1 is 1.47 bits per heavy atom. The number of amides is 2. The molecule has 1 aromatic carbocycles. The van der Waals surface area contributed by atoms with Crippen LogP contribution in [0.25, 0.3) is 0 Å². The Kier molecular flexibility index (Phi) is 3.65. The van der Waals surface area contributed by atoms with Gasteiger partial charge in [0, 0.05) is 0 Å². The number of hydrogen-bond donors (Lipinski definition) is 0. The first-order valence-electron chi connectivity index (χ1n) is 5.45. The molecule has 1 aliphatic heterocycles. The van der Waals surface area contributed by atoms with Gasteiger partial charge in [0.25, 0.3) is 0 Å². The van der Waals surface area contributed by atoms with Gasteiger partial charge in [0.2, 0.25) is 0 Å². The Morgan fingerprint density at radius 3 is 2.84 bits per heavy atom. The van der Waals surface area contributed by atoms with Crippen molar-refractivity contribution in [1.29, 1.82) is 0 Å². The molecular formula is C12H11NO6. The second-order valence-corrected chi connectivity index (χ2v) is 3.66. The largest absolute Gasteiger partial charge is 0.497 e. The van der Waals surface area contributed by atoms with Gasteiger partial charge in [-0.25, -0.2) is 14.5 Å². The Labute approximate surface area is 108 Å². The van der Waals surface area contributed by atoms with Crippen LogP contribution >= 0.6 is 0 Å². The number of imide groups is 1. The molecule has 100 valence electrons. The summed E-state index contributed by atoms with van der Waals surface area (Å²) in [6, 6.07) is 4.39. The third kappa shape index (κ3) is 2.65. The van der Waals surface area contributed by atoms with Crippen LogP contribution in [-0.4, -0.2) is 43.6 Å². The average molecular weight is 265 g/mol. The third-order valence-electron chi connectivity index (χ3n) is 2.52. The summed E-state index contributed by atoms with van der Waals surface area (Å²) in [5.74, 6) is 0.517. The molecule has 1 fully saturated rings. The summed E-state index contributed by atoms with van der Waals surface area (Å²) < 4.78 is 14.6. The molecule has 0 atom stereocenters. The summed E-state index contributed by atoms with van der Waals surface area (Å²) in [5, 5.41) is 0. The highest BCUT2D eigenvalue weighted by Gasteiger charge is 2.30. The average Bonchev–Trinajstić information content (AvgIpc) is 2.85. The third-order valence-corrected chi connectivity index (χ3v) is 2.52. The van der Waals surface area contributed by atoms with E-state index in [0.717, 1.165) is 4.90 Å². The fourth-order valence-electron chi connectivity index (χ4n) is 1.55. The predicted molar refractivity (Wildman–Crippen MR) is 62.5 cm³/mol. The van der Waals surface area contributed by atoms with Crippen LogP contribution in [0.5, 0.6) is 11.5 Å². The van der Waals surface area contributed by atoms with Gasteiger partial charge in [-0.05, 0) is 18.2 Å². The highest BCUT2D eigenvalue weighted by Crippen LogP contribution is 2.23. The van der Waals surface area contributed by atoms with Gasteiger partial charge < -0.3 is 14.2 Å². The molecule has 0 spiro atoms. The minimum Gasteiger partial charge on any atom is -0.497 e. The van der Waals surface area contributed by atoms with E-state index in [1.165, 1.54) is 25.3 Å². The number of rotatable bonds is 3. The van der Waals surface area contributed by atoms with Crippen molar-refractivity contribution >= 4 is 18.5 Å². The van der Waals surface area contributed by atoms with E-state index >= 15 is 0 Å². The summed E-state index contributed by atoms with van der Waals surface area (Å²) in [6.07, 6.45) is -1.10. The standard InChI is InChI=1S/C12H11NO6/c1-17-9-2-3-10(8(6-9)7-14)19-12(16)13-4-5-18-11(13)15/h2-3,6-7H,4-5H2,1H3. The number of ether oxygens (including phenoxy) is 3. The number of hydrogen-bond acceptors (Lipinski definition) is 6. The molecule has 0 bridgehead atoms. The van der Waals surface area contributed by atoms with Gasteiger partial charge in [-0.2, -0.15) is 0 Å². The van der Waals surface area contributed by atoms with Crippen LogP contribution in [-0.2, 0) is 4.74 Å². The van der Waals surface area contributed by atoms with Crippen molar-refractivity contribution in [1.82, 2.24) is 4.90 Å². The maximum atomic E-state index is 11.7. The van der Waals surface area contributed by atoms with Gasteiger partial charge in [0.05, 0.1) is 19.2 Å². The lowest BCUT2D eigenvalue weighted by Crippen LogP contribution is -2.34. The molecule has 2 rings (SSSR count). The second kappa shape index (κ2) is 5.38. The Balaban J connectivity index is 2.16. The normalized spacial score (nSPS) is 13.9. The minimum absolute atomic E-state index is 0.0560. The van der Waals surface area contributed by atoms with Gasteiger partial charge in [0.15, 0.2) is 6.29 Å². The van der Waals surface area contributed by atoms with Crippen molar-refractivity contribution in [3.63, 3.8) is 0 Å². The molecule has 1 saturated heterocycles. The van der Waals surface area contributed by atoms with E-state index in [1.54, 1.807) is 0 Å². The smallest absolute Gasteiger partial charge is 0.424 e. The van der Waals surface area contributed by atoms with Crippen LogP contribution in [0.3, 0.4) is 0 Å². The van der Waals surface area contributed by atoms with Gasteiger partial charge >= 0.3 is 12.2 Å². The molecule has 0 unspecified atom stereocenters. The lowest BCUT2D eigenvalue weighted by Gasteiger charge is -2.12. The van der Waals surface area contributed by atoms with E-state index in [2.05, 4.69) is 4.74 Å². The number of aldehydes is 1. The Hall–Kier alpha value is -2.57. The number of carbonyl (C=O) groups excluding carboxylic acids is 3. The summed E-state index contributed by atoms with van der Waals surface area (Å²) in [4.78, 5) is 34.6. The van der Waals surface area contributed by atoms with Crippen molar-refractivity contribution in [3.8, 4) is 11.5 Å². The van der Waals surface area contributed by atoms with Crippen LogP contribution in [0.2, 0.25) is 0 Å². The number of cyclic esters (lactones) is 1. The molecule has 0 saturated carbocycles. The highest BCUT2D eigenvalue weighted by atomic mass is 16.6. The van der Waals surface area contributed by atoms with Gasteiger partial charge in [-0.3, -0.25) is 4.79 Å². The molecular weight excluding hydrogens is 254 g/mol. The van der Waals surface area contributed by atoms with Crippen molar-refractivity contribution in [2.45, 2.75) is 0 Å². The van der Waals surface area contributed by atoms with E-state index in [-0.39, 0.29) is 24.5 Å². The number of methoxy groups -OCH3 is 1. The van der Waals surface area contributed by atoms with Crippen LogP contribution in [0.1, 0.15) is 10.4 Å². The molecule has 0 N–H and O–H groups in total. The maximum absolute atomic E-state index is 11.7. The lowest BCUT2D eigenvalue weighted by molar-refractivity contribution is 0.112. The first-order chi connectivity index (χ1) is 9.15. The van der Waals surface area contributed by atoms with Gasteiger partial charge in [-0.1, -0.05) is 0 Å². The first-order valence-corrected chi connectivity index (χ1v) is 5.45. The zero-order valence-electron chi connectivity index (χ0n) is 10.1. The fraction of sp³-hybridized carbons (Fsp3) is 0.250. The second-order valence-electron chi connectivity index (χ2n) is 3.66. The summed E-state index contributed by atoms with van der Waals surface area (Å²) in [5.41, 5.74) is 0.153. The zero-order chi connectivity index (χ0) is 13.8. The molecule has 1 heterocycles. The molecule has 0 aliphatic carbocycles. The maximum Gasteiger partial charge on any atom is 0.424 e. The molecule has 1 aliphatic rings. The van der Waals surface area contributed by atoms with E-state index in [4.69, 9.17) is 9.47 Å². The van der Waals surface area contributed by atoms with Crippen molar-refractivity contribution in [3.05, 3.63) is 23.8 Å². The monoisotopic (exact) mass is 265 g/mol. The summed E-state index contributed by atoms with van der Waals surface area (Å²) in [7, 11) is 1.45. The Bertz CT molecular complexity index is 527. The van der Waals surface area contributed by atoms with Crippen LogP contribution < -0.4 is 9.47 Å². The Morgan fingerprint density at radius 2 is 2.26 bits per heavy atom. The van der Waals surface area contributed by atoms with E-state index < -0.39 is 12.2 Å². The molecule has 0 aromatic heterocycles. The zero-order valence-corrected chi connectivity index (χ0v) is 10.1. The lowest BCUT2D eigenvalue weighted by atomic mass is 10.2. The van der Waals surface area contributed by atoms with Crippen molar-refractivity contribution in [2.24, 2.45) is 0 Å². The van der Waals surface area contributed by atoms with Gasteiger partial charge in [0.1, 0.15) is 18.1 Å². The minimum atomic E-state index is -0.879. The highest BCUT2D eigenvalue weighted by molar-refractivity contribution is 5.91. The SMILES string of the molecule is COc1ccc(OC(=O)N2CCOC2=O)c(C=O)c1.